The van der Waals surface area contributed by atoms with Gasteiger partial charge in [-0.25, -0.2) is 0 Å². The zero-order valence-electron chi connectivity index (χ0n) is 15.5. The molecule has 2 amide bonds. The van der Waals surface area contributed by atoms with Crippen LogP contribution in [0.25, 0.3) is 0 Å². The van der Waals surface area contributed by atoms with Crippen LogP contribution in [-0.2, 0) is 9.53 Å². The van der Waals surface area contributed by atoms with E-state index >= 15 is 0 Å². The van der Waals surface area contributed by atoms with Crippen molar-refractivity contribution in [1.82, 2.24) is 5.32 Å². The Labute approximate surface area is 160 Å². The lowest BCUT2D eigenvalue weighted by atomic mass is 10.1. The quantitative estimate of drug-likeness (QED) is 0.509. The first-order valence-electron chi connectivity index (χ1n) is 9.22. The topological polar surface area (TPSA) is 70.7 Å². The van der Waals surface area contributed by atoms with E-state index in [4.69, 9.17) is 16.3 Å². The number of nitrogens with one attached hydrogen (secondary N) is 2. The zero-order chi connectivity index (χ0) is 18.9. The Morgan fingerprint density at radius 2 is 2.04 bits per heavy atom. The molecule has 0 aliphatic carbocycles. The van der Waals surface area contributed by atoms with Gasteiger partial charge in [0.25, 0.3) is 5.91 Å². The molecule has 7 heteroatoms. The van der Waals surface area contributed by atoms with Gasteiger partial charge in [-0.1, -0.05) is 0 Å². The van der Waals surface area contributed by atoms with Gasteiger partial charge in [-0.2, -0.15) is 0 Å². The molecule has 2 rings (SSSR count). The number of hydrogen-bond acceptors (Lipinski definition) is 4. The van der Waals surface area contributed by atoms with Crippen molar-refractivity contribution in [2.24, 2.45) is 0 Å². The molecule has 26 heavy (non-hydrogen) atoms. The molecule has 0 bridgehead atoms. The molecule has 1 aromatic carbocycles. The molecule has 0 radical (unpaired) electrons. The molecule has 1 heterocycles. The summed E-state index contributed by atoms with van der Waals surface area (Å²) in [7, 11) is 0. The predicted octanol–water partition coefficient (Wildman–Crippen LogP) is 3.01. The van der Waals surface area contributed by atoms with Crippen molar-refractivity contribution in [3.8, 4) is 0 Å². The maximum Gasteiger partial charge on any atom is 0.253 e. The molecule has 0 spiro atoms. The van der Waals surface area contributed by atoms with Crippen molar-refractivity contribution in [2.75, 3.05) is 43.1 Å². The normalized spacial score (nSPS) is 15.0. The minimum Gasteiger partial charge on any atom is -0.382 e. The predicted molar refractivity (Wildman–Crippen MR) is 105 cm³/mol. The van der Waals surface area contributed by atoms with Gasteiger partial charge in [-0.15, -0.1) is 11.6 Å². The number of nitrogens with zero attached hydrogens (tertiary/aromatic N) is 1. The molecule has 1 atom stereocenters. The van der Waals surface area contributed by atoms with E-state index in [2.05, 4.69) is 15.5 Å². The van der Waals surface area contributed by atoms with Gasteiger partial charge in [-0.3, -0.25) is 9.59 Å². The first-order chi connectivity index (χ1) is 12.5. The Balaban J connectivity index is 2.12. The molecule has 2 N–H and O–H groups in total. The maximum absolute atomic E-state index is 12.7. The van der Waals surface area contributed by atoms with Gasteiger partial charge >= 0.3 is 0 Å². The summed E-state index contributed by atoms with van der Waals surface area (Å²) in [6.45, 7) is 7.29. The Kier molecular flexibility index (Phi) is 8.19. The monoisotopic (exact) mass is 381 g/mol. The standard InChI is InChI=1S/C19H28ClN3O3/c1-3-26-12-6-9-21-19(25)16-13-15(22-18(24)14(2)20)7-8-17(16)23-10-4-5-11-23/h7-8,13-14H,3-6,9-12H2,1-2H3,(H,21,25)(H,22,24). The third-order valence-corrected chi connectivity index (χ3v) is 4.47. The average molecular weight is 382 g/mol. The van der Waals surface area contributed by atoms with Gasteiger partial charge in [0.2, 0.25) is 5.91 Å². The van der Waals surface area contributed by atoms with Crippen LogP contribution in [0, 0.1) is 0 Å². The fraction of sp³-hybridized carbons (Fsp3) is 0.579. The molecular formula is C19H28ClN3O3. The summed E-state index contributed by atoms with van der Waals surface area (Å²) >= 11 is 5.81. The van der Waals surface area contributed by atoms with Crippen molar-refractivity contribution >= 4 is 34.8 Å². The molecule has 144 valence electrons. The van der Waals surface area contributed by atoms with Crippen molar-refractivity contribution in [2.45, 2.75) is 38.5 Å². The number of rotatable bonds is 9. The summed E-state index contributed by atoms with van der Waals surface area (Å²) in [6, 6.07) is 5.44. The van der Waals surface area contributed by atoms with Crippen LogP contribution in [0.1, 0.15) is 43.5 Å². The van der Waals surface area contributed by atoms with E-state index in [0.717, 1.165) is 38.0 Å². The number of carbonyl (C=O) groups excluding carboxylic acids is 2. The second-order valence-electron chi connectivity index (χ2n) is 6.34. The second kappa shape index (κ2) is 10.4. The number of anilines is 2. The van der Waals surface area contributed by atoms with E-state index in [1.165, 1.54) is 0 Å². The van der Waals surface area contributed by atoms with Crippen molar-refractivity contribution in [1.29, 1.82) is 0 Å². The van der Waals surface area contributed by atoms with Crippen LogP contribution in [0.15, 0.2) is 18.2 Å². The Hall–Kier alpha value is -1.79. The summed E-state index contributed by atoms with van der Waals surface area (Å²) in [6.07, 6.45) is 3.01. The first kappa shape index (κ1) is 20.5. The summed E-state index contributed by atoms with van der Waals surface area (Å²) in [5.41, 5.74) is 2.05. The zero-order valence-corrected chi connectivity index (χ0v) is 16.3. The van der Waals surface area contributed by atoms with Crippen LogP contribution >= 0.6 is 11.6 Å². The van der Waals surface area contributed by atoms with E-state index in [-0.39, 0.29) is 11.8 Å². The van der Waals surface area contributed by atoms with E-state index in [1.54, 1.807) is 13.0 Å². The fourth-order valence-corrected chi connectivity index (χ4v) is 2.94. The van der Waals surface area contributed by atoms with Gasteiger partial charge in [0.15, 0.2) is 0 Å². The van der Waals surface area contributed by atoms with E-state index < -0.39 is 5.38 Å². The number of hydrogen-bond donors (Lipinski definition) is 2. The lowest BCUT2D eigenvalue weighted by molar-refractivity contribution is -0.115. The smallest absolute Gasteiger partial charge is 0.253 e. The Bertz CT molecular complexity index is 616. The molecule has 1 aliphatic heterocycles. The number of carbonyl (C=O) groups is 2. The highest BCUT2D eigenvalue weighted by Gasteiger charge is 2.20. The molecule has 1 aromatic rings. The van der Waals surface area contributed by atoms with Gasteiger partial charge in [-0.05, 0) is 51.3 Å². The van der Waals surface area contributed by atoms with Gasteiger partial charge in [0, 0.05) is 44.2 Å². The highest BCUT2D eigenvalue weighted by Crippen LogP contribution is 2.27. The number of halogens is 1. The molecule has 0 aromatic heterocycles. The van der Waals surface area contributed by atoms with Crippen LogP contribution in [0.3, 0.4) is 0 Å². The Morgan fingerprint density at radius 3 is 2.69 bits per heavy atom. The Morgan fingerprint density at radius 1 is 1.31 bits per heavy atom. The third kappa shape index (κ3) is 5.88. The molecule has 6 nitrogen and oxygen atoms in total. The molecular weight excluding hydrogens is 354 g/mol. The van der Waals surface area contributed by atoms with Gasteiger partial charge in [0.1, 0.15) is 5.38 Å². The summed E-state index contributed by atoms with van der Waals surface area (Å²) in [4.78, 5) is 26.8. The third-order valence-electron chi connectivity index (χ3n) is 4.27. The molecule has 1 aliphatic rings. The number of benzene rings is 1. The highest BCUT2D eigenvalue weighted by molar-refractivity contribution is 6.32. The lowest BCUT2D eigenvalue weighted by Crippen LogP contribution is -2.29. The maximum atomic E-state index is 12.7. The fourth-order valence-electron chi connectivity index (χ4n) is 2.89. The SMILES string of the molecule is CCOCCCNC(=O)c1cc(NC(=O)C(C)Cl)ccc1N1CCCC1. The van der Waals surface area contributed by atoms with Crippen molar-refractivity contribution in [3.63, 3.8) is 0 Å². The number of alkyl halides is 1. The van der Waals surface area contributed by atoms with Crippen molar-refractivity contribution in [3.05, 3.63) is 23.8 Å². The molecule has 1 saturated heterocycles. The van der Waals surface area contributed by atoms with Crippen LogP contribution in [0.5, 0.6) is 0 Å². The molecule has 1 unspecified atom stereocenters. The van der Waals surface area contributed by atoms with Crippen LogP contribution in [0.2, 0.25) is 0 Å². The van der Waals surface area contributed by atoms with Gasteiger partial charge < -0.3 is 20.3 Å². The van der Waals surface area contributed by atoms with Crippen LogP contribution in [-0.4, -0.2) is 50.0 Å². The largest absolute Gasteiger partial charge is 0.382 e. The second-order valence-corrected chi connectivity index (χ2v) is 6.99. The summed E-state index contributed by atoms with van der Waals surface area (Å²) in [5.74, 6) is -0.429. The minimum atomic E-state index is -0.635. The van der Waals surface area contributed by atoms with Gasteiger partial charge in [0.05, 0.1) is 5.56 Å². The van der Waals surface area contributed by atoms with Crippen LogP contribution in [0.4, 0.5) is 11.4 Å². The van der Waals surface area contributed by atoms with E-state index in [9.17, 15) is 9.59 Å². The summed E-state index contributed by atoms with van der Waals surface area (Å²) in [5, 5.41) is 5.05. The first-order valence-corrected chi connectivity index (χ1v) is 9.66. The number of ether oxygens (including phenoxy) is 1. The van der Waals surface area contributed by atoms with Crippen LogP contribution < -0.4 is 15.5 Å². The number of amides is 2. The van der Waals surface area contributed by atoms with E-state index in [0.29, 0.717) is 31.0 Å². The molecule has 1 fully saturated rings. The van der Waals surface area contributed by atoms with Crippen molar-refractivity contribution < 1.29 is 14.3 Å². The van der Waals surface area contributed by atoms with E-state index in [1.807, 2.05) is 19.1 Å². The highest BCUT2D eigenvalue weighted by atomic mass is 35.5. The molecule has 0 saturated carbocycles. The average Bonchev–Trinajstić information content (AvgIpc) is 3.15. The summed E-state index contributed by atoms with van der Waals surface area (Å²) < 4.78 is 5.29. The minimum absolute atomic E-state index is 0.140. The lowest BCUT2D eigenvalue weighted by Gasteiger charge is -2.22.